The molecule has 0 saturated heterocycles. The van der Waals surface area contributed by atoms with Crippen molar-refractivity contribution >= 4 is 23.8 Å². The van der Waals surface area contributed by atoms with Crippen molar-refractivity contribution < 1.29 is 0 Å². The van der Waals surface area contributed by atoms with Crippen molar-refractivity contribution in [2.75, 3.05) is 19.6 Å². The Balaban J connectivity index is 1.59. The lowest BCUT2D eigenvalue weighted by Gasteiger charge is -2.19. The third-order valence-electron chi connectivity index (χ3n) is 4.58. The third-order valence-corrected chi connectivity index (χ3v) is 4.83. The Morgan fingerprint density at radius 3 is 1.64 bits per heavy atom. The predicted molar refractivity (Wildman–Crippen MR) is 123 cm³/mol. The summed E-state index contributed by atoms with van der Waals surface area (Å²) in [6.07, 6.45) is 9.88. The summed E-state index contributed by atoms with van der Waals surface area (Å²) in [5.41, 5.74) is 3.79. The van der Waals surface area contributed by atoms with Gasteiger partial charge in [-0.3, -0.25) is 4.90 Å². The first-order valence-corrected chi connectivity index (χ1v) is 10.1. The van der Waals surface area contributed by atoms with Gasteiger partial charge in [-0.15, -0.1) is 0 Å². The molecule has 3 rings (SSSR count). The summed E-state index contributed by atoms with van der Waals surface area (Å²) < 4.78 is 0. The SMILES string of the molecule is Clc1ccc(CCN(CC=Cc2ccccc2)CC=Cc2ccccc2)cc1. The van der Waals surface area contributed by atoms with E-state index < -0.39 is 0 Å². The maximum absolute atomic E-state index is 6.00. The predicted octanol–water partition coefficient (Wildman–Crippen LogP) is 6.61. The normalized spacial score (nSPS) is 11.6. The van der Waals surface area contributed by atoms with Crippen molar-refractivity contribution in [3.8, 4) is 0 Å². The quantitative estimate of drug-likeness (QED) is 0.399. The van der Waals surface area contributed by atoms with Crippen molar-refractivity contribution in [1.29, 1.82) is 0 Å². The summed E-state index contributed by atoms with van der Waals surface area (Å²) in [5, 5.41) is 0.789. The molecule has 0 aliphatic carbocycles. The third kappa shape index (κ3) is 7.19. The van der Waals surface area contributed by atoms with Gasteiger partial charge in [0.2, 0.25) is 0 Å². The van der Waals surface area contributed by atoms with Crippen molar-refractivity contribution in [1.82, 2.24) is 4.90 Å². The Kier molecular flexibility index (Phi) is 8.11. The molecule has 3 aromatic carbocycles. The monoisotopic (exact) mass is 387 g/mol. The van der Waals surface area contributed by atoms with Crippen molar-refractivity contribution in [3.05, 3.63) is 119 Å². The molecule has 28 heavy (non-hydrogen) atoms. The summed E-state index contributed by atoms with van der Waals surface area (Å²) in [6.45, 7) is 2.84. The Morgan fingerprint density at radius 2 is 1.14 bits per heavy atom. The van der Waals surface area contributed by atoms with Crippen molar-refractivity contribution in [2.24, 2.45) is 0 Å². The van der Waals surface area contributed by atoms with E-state index in [9.17, 15) is 0 Å². The molecule has 1 nitrogen and oxygen atoms in total. The van der Waals surface area contributed by atoms with E-state index in [0.717, 1.165) is 31.1 Å². The van der Waals surface area contributed by atoms with E-state index in [-0.39, 0.29) is 0 Å². The van der Waals surface area contributed by atoms with E-state index in [4.69, 9.17) is 11.6 Å². The summed E-state index contributed by atoms with van der Waals surface area (Å²) >= 11 is 6.00. The molecular formula is C26H26ClN. The van der Waals surface area contributed by atoms with Crippen LogP contribution >= 0.6 is 11.6 Å². The molecule has 142 valence electrons. The topological polar surface area (TPSA) is 3.24 Å². The second-order valence-electron chi connectivity index (χ2n) is 6.76. The van der Waals surface area contributed by atoms with Crippen molar-refractivity contribution in [3.63, 3.8) is 0 Å². The molecule has 0 radical (unpaired) electrons. The van der Waals surface area contributed by atoms with Gasteiger partial charge < -0.3 is 0 Å². The minimum absolute atomic E-state index is 0.789. The smallest absolute Gasteiger partial charge is 0.0406 e. The average Bonchev–Trinajstić information content (AvgIpc) is 2.74. The van der Waals surface area contributed by atoms with Gasteiger partial charge in [0, 0.05) is 24.7 Å². The van der Waals surface area contributed by atoms with Gasteiger partial charge in [-0.1, -0.05) is 109 Å². The van der Waals surface area contributed by atoms with Crippen LogP contribution in [0.25, 0.3) is 12.2 Å². The molecule has 0 saturated carbocycles. The molecule has 0 aromatic heterocycles. The van der Waals surface area contributed by atoms with E-state index in [1.165, 1.54) is 16.7 Å². The Morgan fingerprint density at radius 1 is 0.643 bits per heavy atom. The first-order valence-electron chi connectivity index (χ1n) is 9.69. The molecule has 0 bridgehead atoms. The van der Waals surface area contributed by atoms with Crippen LogP contribution in [0.4, 0.5) is 0 Å². The largest absolute Gasteiger partial charge is 0.296 e. The number of nitrogens with zero attached hydrogens (tertiary/aromatic N) is 1. The molecule has 0 unspecified atom stereocenters. The molecule has 0 aliphatic rings. The standard InChI is InChI=1S/C26H26ClN/c27-26-17-15-25(16-18-26)19-22-28(20-7-13-23-9-3-1-4-10-23)21-8-14-24-11-5-2-6-12-24/h1-18H,19-22H2. The van der Waals surface area contributed by atoms with E-state index in [1.807, 2.05) is 24.3 Å². The zero-order valence-corrected chi connectivity index (χ0v) is 16.8. The van der Waals surface area contributed by atoms with Gasteiger partial charge in [-0.2, -0.15) is 0 Å². The number of rotatable bonds is 9. The average molecular weight is 388 g/mol. The minimum atomic E-state index is 0.789. The summed E-state index contributed by atoms with van der Waals surface area (Å²) in [5.74, 6) is 0. The lowest BCUT2D eigenvalue weighted by Crippen LogP contribution is -2.26. The van der Waals surface area contributed by atoms with Crippen LogP contribution in [0.1, 0.15) is 16.7 Å². The van der Waals surface area contributed by atoms with Gasteiger partial charge >= 0.3 is 0 Å². The Labute approximate surface area is 173 Å². The summed E-state index contributed by atoms with van der Waals surface area (Å²) in [4.78, 5) is 2.45. The van der Waals surface area contributed by atoms with Crippen LogP contribution in [0.2, 0.25) is 5.02 Å². The maximum atomic E-state index is 6.00. The molecule has 3 aromatic rings. The second-order valence-corrected chi connectivity index (χ2v) is 7.20. The molecule has 0 heterocycles. The fourth-order valence-electron chi connectivity index (χ4n) is 3.00. The van der Waals surface area contributed by atoms with E-state index in [2.05, 4.69) is 89.9 Å². The van der Waals surface area contributed by atoms with Crippen LogP contribution in [-0.4, -0.2) is 24.5 Å². The lowest BCUT2D eigenvalue weighted by molar-refractivity contribution is 0.340. The van der Waals surface area contributed by atoms with Crippen LogP contribution in [-0.2, 0) is 6.42 Å². The molecule has 0 fully saturated rings. The molecule has 0 aliphatic heterocycles. The molecule has 0 N–H and O–H groups in total. The summed E-state index contributed by atoms with van der Waals surface area (Å²) in [7, 11) is 0. The van der Waals surface area contributed by atoms with Gasteiger partial charge in [0.15, 0.2) is 0 Å². The van der Waals surface area contributed by atoms with Gasteiger partial charge in [0.05, 0.1) is 0 Å². The van der Waals surface area contributed by atoms with Gasteiger partial charge in [-0.05, 0) is 35.2 Å². The number of hydrogen-bond donors (Lipinski definition) is 0. The van der Waals surface area contributed by atoms with Crippen LogP contribution in [0.3, 0.4) is 0 Å². The number of benzene rings is 3. The first kappa shape index (κ1) is 20.1. The lowest BCUT2D eigenvalue weighted by atomic mass is 10.1. The Hall–Kier alpha value is -2.61. The number of hydrogen-bond acceptors (Lipinski definition) is 1. The second kappa shape index (κ2) is 11.3. The van der Waals surface area contributed by atoms with E-state index in [1.54, 1.807) is 0 Å². The van der Waals surface area contributed by atoms with Crippen LogP contribution in [0.15, 0.2) is 97.1 Å². The molecule has 0 spiro atoms. The first-order chi connectivity index (χ1) is 13.8. The molecular weight excluding hydrogens is 362 g/mol. The molecule has 0 amide bonds. The maximum Gasteiger partial charge on any atom is 0.0406 e. The highest BCUT2D eigenvalue weighted by molar-refractivity contribution is 6.30. The van der Waals surface area contributed by atoms with Crippen LogP contribution in [0, 0.1) is 0 Å². The van der Waals surface area contributed by atoms with Crippen LogP contribution in [0.5, 0.6) is 0 Å². The fourth-order valence-corrected chi connectivity index (χ4v) is 3.13. The van der Waals surface area contributed by atoms with E-state index in [0.29, 0.717) is 0 Å². The zero-order valence-electron chi connectivity index (χ0n) is 16.0. The molecule has 2 heteroatoms. The van der Waals surface area contributed by atoms with Crippen molar-refractivity contribution in [2.45, 2.75) is 6.42 Å². The number of halogens is 1. The minimum Gasteiger partial charge on any atom is -0.296 e. The van der Waals surface area contributed by atoms with E-state index >= 15 is 0 Å². The highest BCUT2D eigenvalue weighted by Gasteiger charge is 2.02. The highest BCUT2D eigenvalue weighted by atomic mass is 35.5. The summed E-state index contributed by atoms with van der Waals surface area (Å²) in [6, 6.07) is 29.0. The van der Waals surface area contributed by atoms with Gasteiger partial charge in [-0.25, -0.2) is 0 Å². The molecule has 0 atom stereocenters. The van der Waals surface area contributed by atoms with Crippen LogP contribution < -0.4 is 0 Å². The Bertz CT molecular complexity index is 816. The highest BCUT2D eigenvalue weighted by Crippen LogP contribution is 2.11. The zero-order chi connectivity index (χ0) is 19.4. The fraction of sp³-hybridized carbons (Fsp3) is 0.154. The van der Waals surface area contributed by atoms with Gasteiger partial charge in [0.25, 0.3) is 0 Å². The van der Waals surface area contributed by atoms with Gasteiger partial charge in [0.1, 0.15) is 0 Å².